The molecule has 1 heterocycles. The van der Waals surface area contributed by atoms with Crippen LogP contribution in [0.15, 0.2) is 52.1 Å². The molecule has 0 amide bonds. The number of para-hydroxylation sites is 1. The molecule has 0 atom stereocenters. The minimum atomic E-state index is 0.757. The number of ether oxygens (including phenoxy) is 1. The van der Waals surface area contributed by atoms with E-state index in [2.05, 4.69) is 55.8 Å². The van der Waals surface area contributed by atoms with E-state index in [0.29, 0.717) is 0 Å². The van der Waals surface area contributed by atoms with Crippen LogP contribution in [0.2, 0.25) is 0 Å². The van der Waals surface area contributed by atoms with Crippen molar-refractivity contribution in [3.63, 3.8) is 0 Å². The zero-order chi connectivity index (χ0) is 17.1. The van der Waals surface area contributed by atoms with E-state index in [4.69, 9.17) is 4.74 Å². The highest BCUT2D eigenvalue weighted by atomic mass is 79.9. The number of aryl methyl sites for hydroxylation is 2. The predicted molar refractivity (Wildman–Crippen MR) is 101 cm³/mol. The van der Waals surface area contributed by atoms with Gasteiger partial charge in [-0.25, -0.2) is 0 Å². The first-order valence-electron chi connectivity index (χ1n) is 7.53. The number of hydrogen-bond acceptors (Lipinski definition) is 4. The molecule has 0 aliphatic rings. The Bertz CT molecular complexity index is 863. The number of aromatic nitrogens is 3. The van der Waals surface area contributed by atoms with Crippen molar-refractivity contribution in [2.45, 2.75) is 24.8 Å². The quantitative estimate of drug-likeness (QED) is 0.565. The SMILES string of the molecule is COc1ccc(Br)cc1CSc1nnc(C)n1-c1ccccc1C. The van der Waals surface area contributed by atoms with E-state index in [0.717, 1.165) is 38.2 Å². The first kappa shape index (κ1) is 17.0. The lowest BCUT2D eigenvalue weighted by atomic mass is 10.2. The van der Waals surface area contributed by atoms with Crippen LogP contribution in [-0.4, -0.2) is 21.9 Å². The normalized spacial score (nSPS) is 10.8. The molecule has 3 aromatic rings. The minimum absolute atomic E-state index is 0.757. The van der Waals surface area contributed by atoms with Gasteiger partial charge < -0.3 is 4.74 Å². The van der Waals surface area contributed by atoms with Crippen molar-refractivity contribution in [1.82, 2.24) is 14.8 Å². The van der Waals surface area contributed by atoms with E-state index in [1.54, 1.807) is 18.9 Å². The molecule has 1 aromatic heterocycles. The van der Waals surface area contributed by atoms with E-state index < -0.39 is 0 Å². The Morgan fingerprint density at radius 1 is 1.12 bits per heavy atom. The van der Waals surface area contributed by atoms with Crippen molar-refractivity contribution in [3.05, 3.63) is 63.9 Å². The van der Waals surface area contributed by atoms with Gasteiger partial charge in [-0.3, -0.25) is 4.57 Å². The van der Waals surface area contributed by atoms with E-state index in [-0.39, 0.29) is 0 Å². The number of halogens is 1. The zero-order valence-electron chi connectivity index (χ0n) is 13.8. The molecular formula is C18H18BrN3OS. The van der Waals surface area contributed by atoms with Crippen LogP contribution in [0.1, 0.15) is 17.0 Å². The summed E-state index contributed by atoms with van der Waals surface area (Å²) in [5.41, 5.74) is 3.43. The van der Waals surface area contributed by atoms with Crippen molar-refractivity contribution in [2.24, 2.45) is 0 Å². The van der Waals surface area contributed by atoms with Gasteiger partial charge in [0.1, 0.15) is 11.6 Å². The van der Waals surface area contributed by atoms with E-state index in [9.17, 15) is 0 Å². The number of nitrogens with zero attached hydrogens (tertiary/aromatic N) is 3. The molecule has 2 aromatic carbocycles. The highest BCUT2D eigenvalue weighted by Crippen LogP contribution is 2.31. The maximum absolute atomic E-state index is 5.45. The first-order chi connectivity index (χ1) is 11.6. The molecule has 0 bridgehead atoms. The van der Waals surface area contributed by atoms with Crippen LogP contribution in [0.5, 0.6) is 5.75 Å². The summed E-state index contributed by atoms with van der Waals surface area (Å²) >= 11 is 5.17. The van der Waals surface area contributed by atoms with Crippen LogP contribution in [0.25, 0.3) is 5.69 Å². The van der Waals surface area contributed by atoms with Gasteiger partial charge in [-0.2, -0.15) is 0 Å². The van der Waals surface area contributed by atoms with Gasteiger partial charge >= 0.3 is 0 Å². The zero-order valence-corrected chi connectivity index (χ0v) is 16.2. The highest BCUT2D eigenvalue weighted by Gasteiger charge is 2.14. The van der Waals surface area contributed by atoms with Gasteiger partial charge in [-0.15, -0.1) is 10.2 Å². The molecule has 6 heteroatoms. The van der Waals surface area contributed by atoms with Crippen LogP contribution in [0, 0.1) is 13.8 Å². The Balaban J connectivity index is 1.90. The lowest BCUT2D eigenvalue weighted by Gasteiger charge is -2.12. The van der Waals surface area contributed by atoms with Crippen LogP contribution >= 0.6 is 27.7 Å². The summed E-state index contributed by atoms with van der Waals surface area (Å²) in [6.45, 7) is 4.07. The molecule has 0 radical (unpaired) electrons. The Morgan fingerprint density at radius 3 is 2.67 bits per heavy atom. The molecule has 0 unspecified atom stereocenters. The molecule has 0 spiro atoms. The third-order valence-corrected chi connectivity index (χ3v) is 5.22. The van der Waals surface area contributed by atoms with Gasteiger partial charge in [0, 0.05) is 15.8 Å². The summed E-state index contributed by atoms with van der Waals surface area (Å²) in [4.78, 5) is 0. The third kappa shape index (κ3) is 3.49. The standard InChI is InChI=1S/C18H18BrN3OS/c1-12-6-4-5-7-16(12)22-13(2)20-21-18(22)24-11-14-10-15(19)8-9-17(14)23-3/h4-10H,11H2,1-3H3. The second-order valence-corrected chi connectivity index (χ2v) is 7.25. The van der Waals surface area contributed by atoms with Gasteiger partial charge in [0.05, 0.1) is 12.8 Å². The highest BCUT2D eigenvalue weighted by molar-refractivity contribution is 9.10. The maximum atomic E-state index is 5.45. The summed E-state index contributed by atoms with van der Waals surface area (Å²) in [6, 6.07) is 14.3. The molecule has 0 saturated heterocycles. The number of methoxy groups -OCH3 is 1. The van der Waals surface area contributed by atoms with Gasteiger partial charge in [0.25, 0.3) is 0 Å². The van der Waals surface area contributed by atoms with Crippen molar-refractivity contribution in [2.75, 3.05) is 7.11 Å². The van der Waals surface area contributed by atoms with Gasteiger partial charge in [0.2, 0.25) is 0 Å². The fraction of sp³-hybridized carbons (Fsp3) is 0.222. The van der Waals surface area contributed by atoms with Crippen LogP contribution in [-0.2, 0) is 5.75 Å². The summed E-state index contributed by atoms with van der Waals surface area (Å²) in [5.74, 6) is 2.52. The Hall–Kier alpha value is -1.79. The smallest absolute Gasteiger partial charge is 0.196 e. The Kier molecular flexibility index (Phi) is 5.26. The molecule has 4 nitrogen and oxygen atoms in total. The number of thioether (sulfide) groups is 1. The maximum Gasteiger partial charge on any atom is 0.196 e. The topological polar surface area (TPSA) is 39.9 Å². The molecule has 0 aliphatic carbocycles. The summed E-state index contributed by atoms with van der Waals surface area (Å²) in [6.07, 6.45) is 0. The molecule has 3 rings (SSSR count). The van der Waals surface area contributed by atoms with Crippen molar-refractivity contribution < 1.29 is 4.74 Å². The monoisotopic (exact) mass is 403 g/mol. The van der Waals surface area contributed by atoms with E-state index >= 15 is 0 Å². The average Bonchev–Trinajstić information content (AvgIpc) is 2.94. The fourth-order valence-corrected chi connectivity index (χ4v) is 3.91. The van der Waals surface area contributed by atoms with Crippen LogP contribution in [0.4, 0.5) is 0 Å². The van der Waals surface area contributed by atoms with Crippen molar-refractivity contribution in [3.8, 4) is 11.4 Å². The molecule has 0 N–H and O–H groups in total. The van der Waals surface area contributed by atoms with Crippen LogP contribution < -0.4 is 4.74 Å². The molecule has 124 valence electrons. The lowest BCUT2D eigenvalue weighted by molar-refractivity contribution is 0.411. The lowest BCUT2D eigenvalue weighted by Crippen LogP contribution is -2.01. The molecule has 24 heavy (non-hydrogen) atoms. The molecule has 0 fully saturated rings. The van der Waals surface area contributed by atoms with Gasteiger partial charge in [-0.05, 0) is 43.7 Å². The first-order valence-corrected chi connectivity index (χ1v) is 9.31. The van der Waals surface area contributed by atoms with Crippen molar-refractivity contribution in [1.29, 1.82) is 0 Å². The third-order valence-electron chi connectivity index (χ3n) is 3.75. The fourth-order valence-electron chi connectivity index (χ4n) is 2.53. The van der Waals surface area contributed by atoms with Crippen LogP contribution in [0.3, 0.4) is 0 Å². The predicted octanol–water partition coefficient (Wildman–Crippen LogP) is 4.95. The molecular weight excluding hydrogens is 386 g/mol. The molecule has 0 aliphatic heterocycles. The average molecular weight is 404 g/mol. The van der Waals surface area contributed by atoms with Gasteiger partial charge in [-0.1, -0.05) is 45.9 Å². The summed E-state index contributed by atoms with van der Waals surface area (Å²) < 4.78 is 8.59. The number of hydrogen-bond donors (Lipinski definition) is 0. The minimum Gasteiger partial charge on any atom is -0.496 e. The number of rotatable bonds is 5. The molecule has 0 saturated carbocycles. The van der Waals surface area contributed by atoms with Crippen molar-refractivity contribution >= 4 is 27.7 Å². The van der Waals surface area contributed by atoms with E-state index in [1.165, 1.54) is 5.56 Å². The summed E-state index contributed by atoms with van der Waals surface area (Å²) in [7, 11) is 1.69. The summed E-state index contributed by atoms with van der Waals surface area (Å²) in [5, 5.41) is 9.49. The second kappa shape index (κ2) is 7.40. The Morgan fingerprint density at radius 2 is 1.92 bits per heavy atom. The number of benzene rings is 2. The largest absolute Gasteiger partial charge is 0.496 e. The van der Waals surface area contributed by atoms with Gasteiger partial charge in [0.15, 0.2) is 5.16 Å². The second-order valence-electron chi connectivity index (χ2n) is 5.40. The Labute approximate surface area is 154 Å². The van der Waals surface area contributed by atoms with E-state index in [1.807, 2.05) is 31.2 Å².